The highest BCUT2D eigenvalue weighted by atomic mass is 16.5. The van der Waals surface area contributed by atoms with Crippen LogP contribution in [0.1, 0.15) is 19.5 Å². The van der Waals surface area contributed by atoms with Crippen LogP contribution in [-0.4, -0.2) is 48.3 Å². The molecule has 5 heteroatoms. The fourth-order valence-electron chi connectivity index (χ4n) is 1.79. The van der Waals surface area contributed by atoms with Crippen LogP contribution in [-0.2, 0) is 27.9 Å². The molecule has 1 rings (SSSR count). The van der Waals surface area contributed by atoms with E-state index in [1.54, 1.807) is 18.9 Å². The number of ether oxygens (including phenoxy) is 2. The molecule has 0 fully saturated rings. The molecule has 1 amide bonds. The molecule has 0 aliphatic rings. The molecule has 0 N–H and O–H groups in total. The lowest BCUT2D eigenvalue weighted by Crippen LogP contribution is -2.36. The van der Waals surface area contributed by atoms with E-state index in [9.17, 15) is 4.79 Å². The fourth-order valence-corrected chi connectivity index (χ4v) is 1.79. The molecule has 0 bridgehead atoms. The predicted molar refractivity (Wildman–Crippen MR) is 73.8 cm³/mol. The summed E-state index contributed by atoms with van der Waals surface area (Å²) in [5.41, 5.74) is 1.09. The highest BCUT2D eigenvalue weighted by molar-refractivity contribution is 5.80. The topological polar surface area (TPSA) is 43.7 Å². The maximum Gasteiger partial charge on any atom is 0.251 e. The van der Waals surface area contributed by atoms with Crippen LogP contribution in [0.2, 0.25) is 0 Å². The zero-order valence-electron chi connectivity index (χ0n) is 12.3. The van der Waals surface area contributed by atoms with Gasteiger partial charge in [0.1, 0.15) is 6.10 Å². The van der Waals surface area contributed by atoms with Crippen molar-refractivity contribution in [2.24, 2.45) is 7.05 Å². The minimum atomic E-state index is -0.439. The van der Waals surface area contributed by atoms with Gasteiger partial charge in [0.05, 0.1) is 19.8 Å². The van der Waals surface area contributed by atoms with Crippen LogP contribution >= 0.6 is 0 Å². The standard InChI is InChI=1S/C14H24N2O3/c1-5-18-9-10-19-12(2)14(17)16(4)11-13-7-6-8-15(13)3/h6-8,12H,5,9-11H2,1-4H3/t12-/m1/s1. The molecule has 0 aromatic carbocycles. The van der Waals surface area contributed by atoms with Crippen LogP contribution < -0.4 is 0 Å². The van der Waals surface area contributed by atoms with E-state index in [0.717, 1.165) is 5.69 Å². The number of rotatable bonds is 8. The Morgan fingerprint density at radius 1 is 1.47 bits per heavy atom. The van der Waals surface area contributed by atoms with E-state index in [0.29, 0.717) is 26.4 Å². The molecule has 1 heterocycles. The summed E-state index contributed by atoms with van der Waals surface area (Å²) >= 11 is 0. The lowest BCUT2D eigenvalue weighted by atomic mass is 10.3. The molecule has 0 radical (unpaired) electrons. The molecular weight excluding hydrogens is 244 g/mol. The molecule has 0 saturated heterocycles. The third kappa shape index (κ3) is 5.04. The van der Waals surface area contributed by atoms with E-state index in [2.05, 4.69) is 0 Å². The number of likely N-dealkylation sites (N-methyl/N-ethyl adjacent to an activating group) is 1. The summed E-state index contributed by atoms with van der Waals surface area (Å²) in [6.45, 7) is 5.92. The summed E-state index contributed by atoms with van der Waals surface area (Å²) in [4.78, 5) is 13.8. The first-order valence-electron chi connectivity index (χ1n) is 6.60. The van der Waals surface area contributed by atoms with E-state index in [4.69, 9.17) is 9.47 Å². The normalized spacial score (nSPS) is 12.4. The lowest BCUT2D eigenvalue weighted by molar-refractivity contribution is -0.142. The SMILES string of the molecule is CCOCCO[C@H](C)C(=O)N(C)Cc1cccn1C. The number of aryl methyl sites for hydroxylation is 1. The number of carbonyl (C=O) groups is 1. The van der Waals surface area contributed by atoms with Gasteiger partial charge < -0.3 is 18.9 Å². The summed E-state index contributed by atoms with van der Waals surface area (Å²) in [7, 11) is 3.76. The Labute approximate surface area is 115 Å². The van der Waals surface area contributed by atoms with E-state index in [-0.39, 0.29) is 5.91 Å². The zero-order valence-corrected chi connectivity index (χ0v) is 12.3. The quantitative estimate of drug-likeness (QED) is 0.670. The van der Waals surface area contributed by atoms with Gasteiger partial charge in [-0.2, -0.15) is 0 Å². The Morgan fingerprint density at radius 3 is 2.79 bits per heavy atom. The second kappa shape index (κ2) is 7.96. The van der Waals surface area contributed by atoms with Crippen molar-refractivity contribution in [1.82, 2.24) is 9.47 Å². The molecule has 0 spiro atoms. The van der Waals surface area contributed by atoms with Crippen LogP contribution in [0, 0.1) is 0 Å². The summed E-state index contributed by atoms with van der Waals surface area (Å²) in [6, 6.07) is 3.97. The van der Waals surface area contributed by atoms with Gasteiger partial charge in [0, 0.05) is 32.6 Å². The average molecular weight is 268 g/mol. The molecular formula is C14H24N2O3. The van der Waals surface area contributed by atoms with Gasteiger partial charge in [0.15, 0.2) is 0 Å². The Hall–Kier alpha value is -1.33. The van der Waals surface area contributed by atoms with E-state index in [1.807, 2.05) is 36.9 Å². The van der Waals surface area contributed by atoms with Gasteiger partial charge in [-0.3, -0.25) is 4.79 Å². The number of nitrogens with zero attached hydrogens (tertiary/aromatic N) is 2. The third-order valence-corrected chi connectivity index (χ3v) is 2.97. The number of carbonyl (C=O) groups excluding carboxylic acids is 1. The molecule has 0 unspecified atom stereocenters. The second-order valence-electron chi connectivity index (χ2n) is 4.51. The van der Waals surface area contributed by atoms with Crippen LogP contribution in [0.4, 0.5) is 0 Å². The van der Waals surface area contributed by atoms with Crippen LogP contribution in [0.15, 0.2) is 18.3 Å². The minimum absolute atomic E-state index is 0.0160. The van der Waals surface area contributed by atoms with Gasteiger partial charge in [-0.1, -0.05) is 0 Å². The van der Waals surface area contributed by atoms with Crippen molar-refractivity contribution < 1.29 is 14.3 Å². The van der Waals surface area contributed by atoms with Gasteiger partial charge in [0.2, 0.25) is 0 Å². The maximum atomic E-state index is 12.1. The first-order valence-corrected chi connectivity index (χ1v) is 6.60. The van der Waals surface area contributed by atoms with E-state index in [1.165, 1.54) is 0 Å². The van der Waals surface area contributed by atoms with Crippen molar-refractivity contribution in [2.45, 2.75) is 26.5 Å². The smallest absolute Gasteiger partial charge is 0.251 e. The molecule has 1 aromatic heterocycles. The van der Waals surface area contributed by atoms with E-state index >= 15 is 0 Å². The van der Waals surface area contributed by atoms with Crippen molar-refractivity contribution in [3.05, 3.63) is 24.0 Å². The number of aromatic nitrogens is 1. The molecule has 108 valence electrons. The molecule has 1 aromatic rings. The van der Waals surface area contributed by atoms with Crippen LogP contribution in [0.3, 0.4) is 0 Å². The predicted octanol–water partition coefficient (Wildman–Crippen LogP) is 1.43. The van der Waals surface area contributed by atoms with Crippen molar-refractivity contribution in [2.75, 3.05) is 26.9 Å². The molecule has 19 heavy (non-hydrogen) atoms. The van der Waals surface area contributed by atoms with E-state index < -0.39 is 6.10 Å². The third-order valence-electron chi connectivity index (χ3n) is 2.97. The number of hydrogen-bond donors (Lipinski definition) is 0. The van der Waals surface area contributed by atoms with Gasteiger partial charge in [-0.15, -0.1) is 0 Å². The van der Waals surface area contributed by atoms with Crippen molar-refractivity contribution in [3.63, 3.8) is 0 Å². The lowest BCUT2D eigenvalue weighted by Gasteiger charge is -2.22. The first-order chi connectivity index (χ1) is 9.06. The summed E-state index contributed by atoms with van der Waals surface area (Å²) in [5.74, 6) is -0.0160. The van der Waals surface area contributed by atoms with Crippen LogP contribution in [0.25, 0.3) is 0 Å². The molecule has 0 aliphatic heterocycles. The monoisotopic (exact) mass is 268 g/mol. The number of hydrogen-bond acceptors (Lipinski definition) is 3. The summed E-state index contributed by atoms with van der Waals surface area (Å²) < 4.78 is 12.6. The average Bonchev–Trinajstić information content (AvgIpc) is 2.79. The highest BCUT2D eigenvalue weighted by Gasteiger charge is 2.18. The zero-order chi connectivity index (χ0) is 14.3. The molecule has 5 nitrogen and oxygen atoms in total. The first kappa shape index (κ1) is 15.7. The Balaban J connectivity index is 2.37. The second-order valence-corrected chi connectivity index (χ2v) is 4.51. The van der Waals surface area contributed by atoms with Crippen molar-refractivity contribution >= 4 is 5.91 Å². The van der Waals surface area contributed by atoms with Crippen molar-refractivity contribution in [3.8, 4) is 0 Å². The maximum absolute atomic E-state index is 12.1. The molecule has 1 atom stereocenters. The Morgan fingerprint density at radius 2 is 2.21 bits per heavy atom. The van der Waals surface area contributed by atoms with Gasteiger partial charge >= 0.3 is 0 Å². The molecule has 0 saturated carbocycles. The van der Waals surface area contributed by atoms with Crippen molar-refractivity contribution in [1.29, 1.82) is 0 Å². The van der Waals surface area contributed by atoms with Gasteiger partial charge in [-0.25, -0.2) is 0 Å². The largest absolute Gasteiger partial charge is 0.379 e. The van der Waals surface area contributed by atoms with Gasteiger partial charge in [0.25, 0.3) is 5.91 Å². The van der Waals surface area contributed by atoms with Gasteiger partial charge in [-0.05, 0) is 26.0 Å². The minimum Gasteiger partial charge on any atom is -0.379 e. The molecule has 0 aliphatic carbocycles. The van der Waals surface area contributed by atoms with Crippen LogP contribution in [0.5, 0.6) is 0 Å². The Bertz CT molecular complexity index is 390. The Kier molecular flexibility index (Phi) is 6.59. The summed E-state index contributed by atoms with van der Waals surface area (Å²) in [6.07, 6.45) is 1.53. The number of amides is 1. The summed E-state index contributed by atoms with van der Waals surface area (Å²) in [5, 5.41) is 0. The fraction of sp³-hybridized carbons (Fsp3) is 0.643. The highest BCUT2D eigenvalue weighted by Crippen LogP contribution is 2.06.